The zero-order chi connectivity index (χ0) is 13.3. The number of carbonyl (C=O) groups is 1. The van der Waals surface area contributed by atoms with Crippen LogP contribution in [0.15, 0.2) is 37.0 Å². The molecule has 1 aromatic carbocycles. The molecule has 94 valence electrons. The summed E-state index contributed by atoms with van der Waals surface area (Å²) in [6.45, 7) is 2.00. The van der Waals surface area contributed by atoms with Crippen molar-refractivity contribution in [2.24, 2.45) is 0 Å². The summed E-state index contributed by atoms with van der Waals surface area (Å²) in [5.41, 5.74) is 1.91. The minimum Gasteiger partial charge on any atom is -0.320 e. The van der Waals surface area contributed by atoms with Crippen molar-refractivity contribution in [2.75, 3.05) is 5.32 Å². The van der Waals surface area contributed by atoms with Gasteiger partial charge < -0.3 is 5.32 Å². The molecule has 6 heteroatoms. The van der Waals surface area contributed by atoms with Crippen LogP contribution in [0.2, 0.25) is 0 Å². The fourth-order valence-electron chi connectivity index (χ4n) is 1.36. The number of aryl methyl sites for hydroxylation is 1. The van der Waals surface area contributed by atoms with Gasteiger partial charge >= 0.3 is 0 Å². The summed E-state index contributed by atoms with van der Waals surface area (Å²) in [7, 11) is 0. The molecule has 0 aliphatic carbocycles. The van der Waals surface area contributed by atoms with E-state index in [1.54, 1.807) is 6.07 Å². The number of nitrogens with one attached hydrogen (secondary N) is 1. The van der Waals surface area contributed by atoms with Gasteiger partial charge in [-0.2, -0.15) is 0 Å². The maximum absolute atomic E-state index is 12.1. The average molecular weight is 454 g/mol. The van der Waals surface area contributed by atoms with Crippen molar-refractivity contribution in [3.8, 4) is 0 Å². The molecule has 0 radical (unpaired) electrons. The molecule has 0 atom stereocenters. The Labute approximate surface area is 134 Å². The summed E-state index contributed by atoms with van der Waals surface area (Å²) in [5.74, 6) is -0.115. The third-order valence-electron chi connectivity index (χ3n) is 2.24. The molecule has 0 aliphatic rings. The number of thiophene rings is 1. The average Bonchev–Trinajstić information content (AvgIpc) is 2.63. The smallest absolute Gasteiger partial charge is 0.265 e. The van der Waals surface area contributed by atoms with E-state index in [1.807, 2.05) is 25.1 Å². The van der Waals surface area contributed by atoms with E-state index in [4.69, 9.17) is 0 Å². The van der Waals surface area contributed by atoms with Gasteiger partial charge in [-0.05, 0) is 78.5 Å². The second-order valence-corrected chi connectivity index (χ2v) is 7.75. The number of hydrogen-bond donors (Lipinski definition) is 1. The quantitative estimate of drug-likeness (QED) is 0.630. The molecule has 18 heavy (non-hydrogen) atoms. The van der Waals surface area contributed by atoms with Crippen LogP contribution in [0.1, 0.15) is 15.2 Å². The lowest BCUT2D eigenvalue weighted by Gasteiger charge is -2.06. The maximum Gasteiger partial charge on any atom is 0.265 e. The number of hydrogen-bond acceptors (Lipinski definition) is 2. The van der Waals surface area contributed by atoms with Crippen molar-refractivity contribution in [2.45, 2.75) is 6.92 Å². The zero-order valence-corrected chi connectivity index (χ0v) is 14.8. The molecule has 0 bridgehead atoms. The van der Waals surface area contributed by atoms with Gasteiger partial charge in [0.15, 0.2) is 0 Å². The Morgan fingerprint density at radius 1 is 1.17 bits per heavy atom. The summed E-state index contributed by atoms with van der Waals surface area (Å²) in [6.07, 6.45) is 0. The number of benzene rings is 1. The van der Waals surface area contributed by atoms with Gasteiger partial charge in [0.2, 0.25) is 0 Å². The molecule has 0 spiro atoms. The third-order valence-corrected chi connectivity index (χ3v) is 6.15. The van der Waals surface area contributed by atoms with E-state index in [0.29, 0.717) is 4.88 Å². The lowest BCUT2D eigenvalue weighted by molar-refractivity contribution is 0.103. The molecule has 1 aromatic heterocycles. The first-order valence-corrected chi connectivity index (χ1v) is 8.19. The van der Waals surface area contributed by atoms with E-state index >= 15 is 0 Å². The number of amides is 1. The van der Waals surface area contributed by atoms with Gasteiger partial charge in [-0.3, -0.25) is 4.79 Å². The summed E-state index contributed by atoms with van der Waals surface area (Å²) in [5, 5.41) is 2.88. The predicted octanol–water partition coefficient (Wildman–Crippen LogP) is 5.60. The third kappa shape index (κ3) is 3.23. The second kappa shape index (κ2) is 5.86. The molecule has 1 heterocycles. The minimum absolute atomic E-state index is 0.115. The lowest BCUT2D eigenvalue weighted by atomic mass is 10.2. The Kier molecular flexibility index (Phi) is 4.64. The molecular weight excluding hydrogens is 446 g/mol. The zero-order valence-electron chi connectivity index (χ0n) is 9.26. The monoisotopic (exact) mass is 451 g/mol. The first-order valence-electron chi connectivity index (χ1n) is 4.99. The molecular formula is C12H8Br3NOS. The van der Waals surface area contributed by atoms with Crippen molar-refractivity contribution in [1.29, 1.82) is 0 Å². The molecule has 2 rings (SSSR count). The first-order chi connectivity index (χ1) is 8.47. The van der Waals surface area contributed by atoms with Crippen molar-refractivity contribution < 1.29 is 4.79 Å². The van der Waals surface area contributed by atoms with Crippen molar-refractivity contribution in [3.63, 3.8) is 0 Å². The molecule has 0 aliphatic heterocycles. The normalized spacial score (nSPS) is 10.4. The molecule has 1 N–H and O–H groups in total. The van der Waals surface area contributed by atoms with Crippen LogP contribution in [0.5, 0.6) is 0 Å². The van der Waals surface area contributed by atoms with Crippen LogP contribution in [0.4, 0.5) is 5.69 Å². The Morgan fingerprint density at radius 3 is 2.44 bits per heavy atom. The molecule has 2 nitrogen and oxygen atoms in total. The highest BCUT2D eigenvalue weighted by Gasteiger charge is 2.13. The van der Waals surface area contributed by atoms with Gasteiger partial charge in [-0.1, -0.05) is 6.07 Å². The van der Waals surface area contributed by atoms with E-state index in [1.165, 1.54) is 11.3 Å². The van der Waals surface area contributed by atoms with Crippen LogP contribution in [0.3, 0.4) is 0 Å². The highest BCUT2D eigenvalue weighted by atomic mass is 79.9. The topological polar surface area (TPSA) is 29.1 Å². The van der Waals surface area contributed by atoms with Crippen molar-refractivity contribution in [3.05, 3.63) is 47.4 Å². The van der Waals surface area contributed by atoms with Crippen LogP contribution in [-0.2, 0) is 0 Å². The Balaban J connectivity index is 2.21. The first kappa shape index (κ1) is 14.2. The van der Waals surface area contributed by atoms with Gasteiger partial charge in [0.1, 0.15) is 0 Å². The maximum atomic E-state index is 12.1. The molecule has 1 amide bonds. The van der Waals surface area contributed by atoms with Crippen LogP contribution < -0.4 is 5.32 Å². The molecule has 0 saturated heterocycles. The molecule has 2 aromatic rings. The summed E-state index contributed by atoms with van der Waals surface area (Å²) < 4.78 is 2.68. The summed E-state index contributed by atoms with van der Waals surface area (Å²) >= 11 is 11.6. The highest BCUT2D eigenvalue weighted by molar-refractivity contribution is 9.13. The van der Waals surface area contributed by atoms with E-state index in [-0.39, 0.29) is 5.91 Å². The van der Waals surface area contributed by atoms with Crippen LogP contribution in [0.25, 0.3) is 0 Å². The second-order valence-electron chi connectivity index (χ2n) is 3.67. The van der Waals surface area contributed by atoms with Gasteiger partial charge in [-0.15, -0.1) is 11.3 Å². The van der Waals surface area contributed by atoms with Gasteiger partial charge in [0.05, 0.1) is 14.4 Å². The Hall–Kier alpha value is -0.170. The Bertz CT molecular complexity index is 590. The van der Waals surface area contributed by atoms with E-state index in [0.717, 1.165) is 24.0 Å². The molecule has 0 unspecified atom stereocenters. The molecule has 0 saturated carbocycles. The van der Waals surface area contributed by atoms with Crippen LogP contribution in [-0.4, -0.2) is 5.91 Å². The molecule has 0 fully saturated rings. The van der Waals surface area contributed by atoms with E-state index in [9.17, 15) is 4.79 Å². The standard InChI is InChI=1S/C12H8Br3NOS/c1-6-2-3-9(7(13)4-6)16-12(17)10-5-8(14)11(15)18-10/h2-5H,1H3,(H,16,17). The number of carbonyl (C=O) groups excluding carboxylic acids is 1. The Morgan fingerprint density at radius 2 is 1.89 bits per heavy atom. The summed E-state index contributed by atoms with van der Waals surface area (Å²) in [4.78, 5) is 12.7. The van der Waals surface area contributed by atoms with E-state index in [2.05, 4.69) is 53.1 Å². The fraction of sp³-hybridized carbons (Fsp3) is 0.0833. The van der Waals surface area contributed by atoms with Crippen molar-refractivity contribution >= 4 is 70.7 Å². The lowest BCUT2D eigenvalue weighted by Crippen LogP contribution is -2.10. The largest absolute Gasteiger partial charge is 0.320 e. The van der Waals surface area contributed by atoms with Gasteiger partial charge in [-0.25, -0.2) is 0 Å². The van der Waals surface area contributed by atoms with Gasteiger partial charge in [0, 0.05) is 8.95 Å². The van der Waals surface area contributed by atoms with Crippen LogP contribution in [0, 0.1) is 6.92 Å². The van der Waals surface area contributed by atoms with Crippen molar-refractivity contribution in [1.82, 2.24) is 0 Å². The predicted molar refractivity (Wildman–Crippen MR) is 86.6 cm³/mol. The minimum atomic E-state index is -0.115. The highest BCUT2D eigenvalue weighted by Crippen LogP contribution is 2.33. The van der Waals surface area contributed by atoms with Gasteiger partial charge in [0.25, 0.3) is 5.91 Å². The summed E-state index contributed by atoms with van der Waals surface area (Å²) in [6, 6.07) is 7.61. The number of anilines is 1. The fourth-order valence-corrected chi connectivity index (χ4v) is 3.89. The van der Waals surface area contributed by atoms with Crippen LogP contribution >= 0.6 is 59.1 Å². The van der Waals surface area contributed by atoms with E-state index < -0.39 is 0 Å². The SMILES string of the molecule is Cc1ccc(NC(=O)c2cc(Br)c(Br)s2)c(Br)c1. The number of rotatable bonds is 2. The number of halogens is 3.